The topological polar surface area (TPSA) is 148 Å². The van der Waals surface area contributed by atoms with Crippen molar-refractivity contribution in [1.29, 1.82) is 0 Å². The molecule has 8 nitrogen and oxygen atoms in total. The van der Waals surface area contributed by atoms with E-state index >= 15 is 0 Å². The number of anilines is 1. The number of hydrogen-bond donors (Lipinski definition) is 4. The van der Waals surface area contributed by atoms with E-state index < -0.39 is 23.8 Å². The van der Waals surface area contributed by atoms with Crippen LogP contribution in [0.15, 0.2) is 0 Å². The molecule has 0 aromatic carbocycles. The molecule has 0 radical (unpaired) electrons. The van der Waals surface area contributed by atoms with E-state index in [9.17, 15) is 14.4 Å². The van der Waals surface area contributed by atoms with Gasteiger partial charge < -0.3 is 21.9 Å². The van der Waals surface area contributed by atoms with Gasteiger partial charge in [0.2, 0.25) is 11.8 Å². The zero-order valence-corrected chi connectivity index (χ0v) is 10.3. The van der Waals surface area contributed by atoms with Crippen LogP contribution in [0.2, 0.25) is 0 Å². The molecule has 1 heterocycles. The highest BCUT2D eigenvalue weighted by molar-refractivity contribution is 7.11. The molecule has 6 N–H and O–H groups in total. The molecule has 0 aliphatic heterocycles. The Labute approximate surface area is 106 Å². The molecule has 0 bridgehead atoms. The summed E-state index contributed by atoms with van der Waals surface area (Å²) < 4.78 is 3.82. The van der Waals surface area contributed by atoms with Crippen LogP contribution in [0.25, 0.3) is 0 Å². The smallest absolute Gasteiger partial charge is 0.340 e. The van der Waals surface area contributed by atoms with Gasteiger partial charge in [0, 0.05) is 0 Å². The van der Waals surface area contributed by atoms with Gasteiger partial charge in [-0.15, -0.1) is 0 Å². The number of aromatic carboxylic acids is 1. The van der Waals surface area contributed by atoms with Crippen molar-refractivity contribution < 1.29 is 19.5 Å². The van der Waals surface area contributed by atoms with Crippen molar-refractivity contribution in [1.82, 2.24) is 4.37 Å². The molecule has 1 rings (SSSR count). The molecule has 98 valence electrons. The molecular formula is C9H12N4O4S. The molecule has 1 unspecified atom stereocenters. The largest absolute Gasteiger partial charge is 0.478 e. The minimum absolute atomic E-state index is 0.0837. The van der Waals surface area contributed by atoms with Gasteiger partial charge in [0.1, 0.15) is 10.6 Å². The van der Waals surface area contributed by atoms with E-state index in [1.54, 1.807) is 0 Å². The van der Waals surface area contributed by atoms with Crippen molar-refractivity contribution in [2.24, 2.45) is 11.5 Å². The number of amides is 2. The lowest BCUT2D eigenvalue weighted by molar-refractivity contribution is -0.123. The second kappa shape index (κ2) is 5.56. The lowest BCUT2D eigenvalue weighted by atomic mass is 10.2. The van der Waals surface area contributed by atoms with Gasteiger partial charge in [0.25, 0.3) is 0 Å². The van der Waals surface area contributed by atoms with Crippen molar-refractivity contribution in [2.45, 2.75) is 19.4 Å². The first-order valence-corrected chi connectivity index (χ1v) is 5.64. The normalized spacial score (nSPS) is 11.9. The van der Waals surface area contributed by atoms with Crippen LogP contribution in [0, 0.1) is 6.92 Å². The summed E-state index contributed by atoms with van der Waals surface area (Å²) in [6.45, 7) is 1.51. The highest BCUT2D eigenvalue weighted by Gasteiger charge is 2.22. The maximum atomic E-state index is 11.6. The van der Waals surface area contributed by atoms with Gasteiger partial charge in [0.15, 0.2) is 0 Å². The van der Waals surface area contributed by atoms with Crippen molar-refractivity contribution in [2.75, 3.05) is 5.32 Å². The maximum absolute atomic E-state index is 11.6. The van der Waals surface area contributed by atoms with Crippen molar-refractivity contribution in [3.05, 3.63) is 11.3 Å². The van der Waals surface area contributed by atoms with Gasteiger partial charge in [-0.1, -0.05) is 0 Å². The van der Waals surface area contributed by atoms with Crippen LogP contribution in [0.3, 0.4) is 0 Å². The Balaban J connectivity index is 2.82. The van der Waals surface area contributed by atoms with Crippen LogP contribution in [0.5, 0.6) is 0 Å². The lowest BCUT2D eigenvalue weighted by Crippen LogP contribution is -2.39. The van der Waals surface area contributed by atoms with Crippen LogP contribution in [-0.2, 0) is 9.59 Å². The van der Waals surface area contributed by atoms with Gasteiger partial charge >= 0.3 is 5.97 Å². The number of aryl methyl sites for hydroxylation is 1. The zero-order valence-electron chi connectivity index (χ0n) is 9.47. The molecule has 9 heteroatoms. The van der Waals surface area contributed by atoms with Crippen molar-refractivity contribution in [3.63, 3.8) is 0 Å². The Morgan fingerprint density at radius 2 is 2.11 bits per heavy atom. The summed E-state index contributed by atoms with van der Waals surface area (Å²) in [5.41, 5.74) is 10.5. The van der Waals surface area contributed by atoms with Gasteiger partial charge in [-0.25, -0.2) is 4.79 Å². The van der Waals surface area contributed by atoms with Gasteiger partial charge in [-0.05, 0) is 18.5 Å². The number of carbonyl (C=O) groups is 3. The zero-order chi connectivity index (χ0) is 13.9. The molecule has 1 aromatic heterocycles. The number of primary amides is 1. The number of nitrogens with two attached hydrogens (primary N) is 2. The van der Waals surface area contributed by atoms with Gasteiger partial charge in [0.05, 0.1) is 18.2 Å². The van der Waals surface area contributed by atoms with Crippen molar-refractivity contribution >= 4 is 34.3 Å². The predicted octanol–water partition coefficient (Wildman–Crippen LogP) is -0.709. The van der Waals surface area contributed by atoms with E-state index in [-0.39, 0.29) is 17.0 Å². The Hall–Kier alpha value is -2.00. The highest BCUT2D eigenvalue weighted by atomic mass is 32.1. The van der Waals surface area contributed by atoms with Crippen LogP contribution in [0.4, 0.5) is 5.00 Å². The minimum Gasteiger partial charge on any atom is -0.478 e. The second-order valence-electron chi connectivity index (χ2n) is 3.54. The molecule has 0 spiro atoms. The Morgan fingerprint density at radius 1 is 1.50 bits per heavy atom. The molecule has 2 amide bonds. The molecule has 18 heavy (non-hydrogen) atoms. The quantitative estimate of drug-likeness (QED) is 0.556. The van der Waals surface area contributed by atoms with Crippen LogP contribution in [-0.4, -0.2) is 33.3 Å². The Bertz CT molecular complexity index is 499. The third-order valence-electron chi connectivity index (χ3n) is 2.07. The minimum atomic E-state index is -1.19. The SMILES string of the molecule is Cc1nsc(NC(=O)C(N)CC(N)=O)c1C(=O)O. The number of carbonyl (C=O) groups excluding carboxylic acids is 2. The first-order valence-electron chi connectivity index (χ1n) is 4.87. The lowest BCUT2D eigenvalue weighted by Gasteiger charge is -2.09. The number of nitrogens with zero attached hydrogens (tertiary/aromatic N) is 1. The monoisotopic (exact) mass is 272 g/mol. The number of hydrogen-bond acceptors (Lipinski definition) is 6. The molecular weight excluding hydrogens is 260 g/mol. The molecule has 1 aromatic rings. The van der Waals surface area contributed by atoms with Crippen molar-refractivity contribution in [3.8, 4) is 0 Å². The molecule has 0 saturated carbocycles. The summed E-state index contributed by atoms with van der Waals surface area (Å²) in [7, 11) is 0. The third kappa shape index (κ3) is 3.25. The van der Waals surface area contributed by atoms with Gasteiger partial charge in [-0.3, -0.25) is 9.59 Å². The first-order chi connectivity index (χ1) is 8.32. The fourth-order valence-electron chi connectivity index (χ4n) is 1.22. The van der Waals surface area contributed by atoms with Crippen LogP contribution < -0.4 is 16.8 Å². The summed E-state index contributed by atoms with van der Waals surface area (Å²) in [6, 6.07) is -1.12. The summed E-state index contributed by atoms with van der Waals surface area (Å²) >= 11 is 0.835. The van der Waals surface area contributed by atoms with E-state index in [1.165, 1.54) is 6.92 Å². The number of carboxylic acids is 1. The first kappa shape index (κ1) is 14.1. The Kier molecular flexibility index (Phi) is 4.34. The fourth-order valence-corrected chi connectivity index (χ4v) is 2.01. The second-order valence-corrected chi connectivity index (χ2v) is 4.32. The number of rotatable bonds is 5. The van der Waals surface area contributed by atoms with E-state index in [2.05, 4.69) is 9.69 Å². The third-order valence-corrected chi connectivity index (χ3v) is 2.93. The van der Waals surface area contributed by atoms with E-state index in [1.807, 2.05) is 0 Å². The van der Waals surface area contributed by atoms with E-state index in [4.69, 9.17) is 16.6 Å². The average Bonchev–Trinajstić information content (AvgIpc) is 2.58. The van der Waals surface area contributed by atoms with Crippen LogP contribution in [0.1, 0.15) is 22.5 Å². The molecule has 0 aliphatic rings. The fraction of sp³-hybridized carbons (Fsp3) is 0.333. The maximum Gasteiger partial charge on any atom is 0.340 e. The van der Waals surface area contributed by atoms with E-state index in [0.717, 1.165) is 11.5 Å². The summed E-state index contributed by atoms with van der Waals surface area (Å²) in [4.78, 5) is 33.1. The van der Waals surface area contributed by atoms with Crippen LogP contribution >= 0.6 is 11.5 Å². The summed E-state index contributed by atoms with van der Waals surface area (Å²) in [5.74, 6) is -2.59. The predicted molar refractivity (Wildman–Crippen MR) is 64.2 cm³/mol. The molecule has 1 atom stereocenters. The average molecular weight is 272 g/mol. The molecule has 0 fully saturated rings. The number of aromatic nitrogens is 1. The van der Waals surface area contributed by atoms with Gasteiger partial charge in [-0.2, -0.15) is 4.37 Å². The van der Waals surface area contributed by atoms with E-state index in [0.29, 0.717) is 5.69 Å². The highest BCUT2D eigenvalue weighted by Crippen LogP contribution is 2.24. The Morgan fingerprint density at radius 3 is 2.61 bits per heavy atom. The molecule has 0 saturated heterocycles. The standard InChI is InChI=1S/C9H12N4O4S/c1-3-6(9(16)17)8(18-13-3)12-7(15)4(10)2-5(11)14/h4H,2,10H2,1H3,(H2,11,14)(H,12,15)(H,16,17). The summed E-state index contributed by atoms with van der Waals surface area (Å²) in [5, 5.41) is 11.4. The number of nitrogens with one attached hydrogen (secondary N) is 1. The molecule has 0 aliphatic carbocycles. The number of carboxylic acid groups (broad SMARTS) is 1. The summed E-state index contributed by atoms with van der Waals surface area (Å²) in [6.07, 6.45) is -0.313.